The predicted molar refractivity (Wildman–Crippen MR) is 113 cm³/mol. The van der Waals surface area contributed by atoms with Crippen molar-refractivity contribution in [1.29, 1.82) is 0 Å². The van der Waals surface area contributed by atoms with E-state index < -0.39 is 9.84 Å². The fourth-order valence-electron chi connectivity index (χ4n) is 3.81. The summed E-state index contributed by atoms with van der Waals surface area (Å²) in [6.07, 6.45) is 0.503. The minimum Gasteiger partial charge on any atom is -0.350 e. The van der Waals surface area contributed by atoms with E-state index in [4.69, 9.17) is 4.98 Å². The van der Waals surface area contributed by atoms with Gasteiger partial charge in [-0.3, -0.25) is 4.79 Å². The number of amides is 1. The number of hydrogen-bond acceptors (Lipinski definition) is 5. The first-order valence-corrected chi connectivity index (χ1v) is 11.5. The van der Waals surface area contributed by atoms with Crippen LogP contribution in [0.4, 0.5) is 0 Å². The van der Waals surface area contributed by atoms with Crippen LogP contribution in [0.3, 0.4) is 0 Å². The first-order chi connectivity index (χ1) is 13.7. The number of carbonyl (C=O) groups is 1. The van der Waals surface area contributed by atoms with E-state index in [-0.39, 0.29) is 29.5 Å². The third kappa shape index (κ3) is 3.76. The summed E-state index contributed by atoms with van der Waals surface area (Å²) >= 11 is 0. The molecule has 1 N–H and O–H groups in total. The van der Waals surface area contributed by atoms with Crippen molar-refractivity contribution in [1.82, 2.24) is 20.1 Å². The molecule has 1 fully saturated rings. The number of sulfone groups is 1. The zero-order valence-corrected chi connectivity index (χ0v) is 17.5. The van der Waals surface area contributed by atoms with Crippen molar-refractivity contribution in [3.63, 3.8) is 0 Å². The van der Waals surface area contributed by atoms with Gasteiger partial charge in [-0.25, -0.2) is 18.1 Å². The molecule has 8 heteroatoms. The third-order valence-corrected chi connectivity index (χ3v) is 6.88. The molecule has 1 atom stereocenters. The highest BCUT2D eigenvalue weighted by atomic mass is 32.2. The molecular weight excluding hydrogens is 388 g/mol. The molecule has 1 unspecified atom stereocenters. The second-order valence-corrected chi connectivity index (χ2v) is 10.1. The van der Waals surface area contributed by atoms with Crippen LogP contribution in [0.1, 0.15) is 42.4 Å². The van der Waals surface area contributed by atoms with E-state index in [1.807, 2.05) is 51.1 Å². The molecule has 1 aliphatic heterocycles. The molecular formula is C21H24N4O3S. The Morgan fingerprint density at radius 3 is 2.59 bits per heavy atom. The summed E-state index contributed by atoms with van der Waals surface area (Å²) in [6, 6.07) is 11.1. The van der Waals surface area contributed by atoms with Crippen molar-refractivity contribution < 1.29 is 13.2 Å². The lowest BCUT2D eigenvalue weighted by molar-refractivity contribution is 0.0944. The van der Waals surface area contributed by atoms with Crippen LogP contribution < -0.4 is 5.32 Å². The normalized spacial score (nSPS) is 18.4. The average Bonchev–Trinajstić information content (AvgIpc) is 3.20. The van der Waals surface area contributed by atoms with Crippen LogP contribution >= 0.6 is 0 Å². The van der Waals surface area contributed by atoms with Gasteiger partial charge in [0.2, 0.25) is 0 Å². The lowest BCUT2D eigenvalue weighted by Gasteiger charge is -2.13. The van der Waals surface area contributed by atoms with Crippen molar-refractivity contribution >= 4 is 26.8 Å². The van der Waals surface area contributed by atoms with Crippen molar-refractivity contribution in [3.8, 4) is 11.3 Å². The monoisotopic (exact) mass is 412 g/mol. The Bertz CT molecular complexity index is 1180. The van der Waals surface area contributed by atoms with E-state index in [0.29, 0.717) is 34.4 Å². The number of rotatable bonds is 4. The van der Waals surface area contributed by atoms with Gasteiger partial charge in [0, 0.05) is 11.6 Å². The first kappa shape index (κ1) is 19.6. The fraction of sp³-hybridized carbons (Fsp3) is 0.381. The van der Waals surface area contributed by atoms with Crippen molar-refractivity contribution in [2.75, 3.05) is 11.5 Å². The lowest BCUT2D eigenvalue weighted by atomic mass is 10.0. The number of nitrogens with one attached hydrogen (secondary N) is 1. The summed E-state index contributed by atoms with van der Waals surface area (Å²) < 4.78 is 25.7. The maximum atomic E-state index is 13.0. The standard InChI is InChI=1S/C21H24N4O3S/c1-13(2)22-21(26)17-11-18(15-7-5-4-6-8-15)23-20-19(17)14(3)24-25(20)16-9-10-29(27,28)12-16/h4-8,11,13,16H,9-10,12H2,1-3H3,(H,22,26). The molecule has 4 rings (SSSR count). The number of benzene rings is 1. The van der Waals surface area contributed by atoms with Gasteiger partial charge >= 0.3 is 0 Å². The van der Waals surface area contributed by atoms with Crippen molar-refractivity contribution in [2.45, 2.75) is 39.3 Å². The van der Waals surface area contributed by atoms with Crippen LogP contribution in [0.5, 0.6) is 0 Å². The lowest BCUT2D eigenvalue weighted by Crippen LogP contribution is -2.30. The maximum Gasteiger partial charge on any atom is 0.252 e. The Morgan fingerprint density at radius 2 is 1.97 bits per heavy atom. The van der Waals surface area contributed by atoms with E-state index in [1.165, 1.54) is 0 Å². The maximum absolute atomic E-state index is 13.0. The number of aromatic nitrogens is 3. The Labute approximate surface area is 170 Å². The molecule has 1 aromatic carbocycles. The number of aryl methyl sites for hydroxylation is 1. The minimum absolute atomic E-state index is 0.0128. The second-order valence-electron chi connectivity index (χ2n) is 7.83. The largest absolute Gasteiger partial charge is 0.350 e. The topological polar surface area (TPSA) is 93.9 Å². The molecule has 152 valence electrons. The predicted octanol–water partition coefficient (Wildman–Crippen LogP) is 2.90. The number of nitrogens with zero attached hydrogens (tertiary/aromatic N) is 3. The van der Waals surface area contributed by atoms with Gasteiger partial charge in [-0.1, -0.05) is 30.3 Å². The Hall–Kier alpha value is -2.74. The van der Waals surface area contributed by atoms with Gasteiger partial charge in [-0.05, 0) is 33.3 Å². The summed E-state index contributed by atoms with van der Waals surface area (Å²) in [5, 5.41) is 8.23. The summed E-state index contributed by atoms with van der Waals surface area (Å²) in [4.78, 5) is 17.8. The molecule has 0 spiro atoms. The molecule has 7 nitrogen and oxygen atoms in total. The number of carbonyl (C=O) groups excluding carboxylic acids is 1. The Morgan fingerprint density at radius 1 is 1.24 bits per heavy atom. The molecule has 1 amide bonds. The van der Waals surface area contributed by atoms with E-state index in [2.05, 4.69) is 10.4 Å². The second kappa shape index (κ2) is 7.26. The van der Waals surface area contributed by atoms with Crippen LogP contribution in [0.2, 0.25) is 0 Å². The summed E-state index contributed by atoms with van der Waals surface area (Å²) in [5.41, 5.74) is 3.28. The van der Waals surface area contributed by atoms with E-state index >= 15 is 0 Å². The molecule has 3 heterocycles. The summed E-state index contributed by atoms with van der Waals surface area (Å²) in [5.74, 6) is 0.0109. The molecule has 0 saturated carbocycles. The van der Waals surface area contributed by atoms with Crippen LogP contribution in [0.25, 0.3) is 22.3 Å². The zero-order chi connectivity index (χ0) is 20.8. The summed E-state index contributed by atoms with van der Waals surface area (Å²) in [6.45, 7) is 5.65. The van der Waals surface area contributed by atoms with Crippen LogP contribution in [0.15, 0.2) is 36.4 Å². The van der Waals surface area contributed by atoms with Gasteiger partial charge in [-0.15, -0.1) is 0 Å². The molecule has 0 aliphatic carbocycles. The highest BCUT2D eigenvalue weighted by Crippen LogP contribution is 2.32. The van der Waals surface area contributed by atoms with Gasteiger partial charge in [0.05, 0.1) is 39.9 Å². The smallest absolute Gasteiger partial charge is 0.252 e. The molecule has 1 saturated heterocycles. The highest BCUT2D eigenvalue weighted by Gasteiger charge is 2.32. The first-order valence-electron chi connectivity index (χ1n) is 9.72. The Balaban J connectivity index is 1.94. The molecule has 0 radical (unpaired) electrons. The average molecular weight is 413 g/mol. The number of pyridine rings is 1. The van der Waals surface area contributed by atoms with Gasteiger partial charge in [-0.2, -0.15) is 5.10 Å². The third-order valence-electron chi connectivity index (χ3n) is 5.13. The van der Waals surface area contributed by atoms with Gasteiger partial charge in [0.15, 0.2) is 15.5 Å². The molecule has 0 bridgehead atoms. The summed E-state index contributed by atoms with van der Waals surface area (Å²) in [7, 11) is -3.08. The van der Waals surface area contributed by atoms with Crippen molar-refractivity contribution in [3.05, 3.63) is 47.7 Å². The van der Waals surface area contributed by atoms with Crippen LogP contribution in [-0.2, 0) is 9.84 Å². The number of fused-ring (bicyclic) bond motifs is 1. The quantitative estimate of drug-likeness (QED) is 0.711. The fourth-order valence-corrected chi connectivity index (χ4v) is 5.50. The van der Waals surface area contributed by atoms with Crippen LogP contribution in [-0.4, -0.2) is 46.6 Å². The molecule has 29 heavy (non-hydrogen) atoms. The molecule has 2 aromatic heterocycles. The Kier molecular flexibility index (Phi) is 4.90. The minimum atomic E-state index is -3.08. The molecule has 3 aromatic rings. The van der Waals surface area contributed by atoms with E-state index in [0.717, 1.165) is 5.56 Å². The number of hydrogen-bond donors (Lipinski definition) is 1. The van der Waals surface area contributed by atoms with Gasteiger partial charge in [0.25, 0.3) is 5.91 Å². The van der Waals surface area contributed by atoms with Crippen molar-refractivity contribution in [2.24, 2.45) is 0 Å². The van der Waals surface area contributed by atoms with E-state index in [9.17, 15) is 13.2 Å². The highest BCUT2D eigenvalue weighted by molar-refractivity contribution is 7.91. The molecule has 1 aliphatic rings. The van der Waals surface area contributed by atoms with Crippen LogP contribution in [0, 0.1) is 6.92 Å². The zero-order valence-electron chi connectivity index (χ0n) is 16.7. The van der Waals surface area contributed by atoms with Gasteiger partial charge in [0.1, 0.15) is 0 Å². The van der Waals surface area contributed by atoms with E-state index in [1.54, 1.807) is 10.7 Å². The van der Waals surface area contributed by atoms with Gasteiger partial charge < -0.3 is 5.32 Å². The SMILES string of the molecule is Cc1nn(C2CCS(=O)(=O)C2)c2nc(-c3ccccc3)cc(C(=O)NC(C)C)c12.